The van der Waals surface area contributed by atoms with Crippen LogP contribution in [0.25, 0.3) is 11.4 Å². The second kappa shape index (κ2) is 5.86. The van der Waals surface area contributed by atoms with Crippen LogP contribution in [0, 0.1) is 0 Å². The van der Waals surface area contributed by atoms with Crippen LogP contribution in [0.2, 0.25) is 0 Å². The molecule has 0 saturated heterocycles. The summed E-state index contributed by atoms with van der Waals surface area (Å²) in [7, 11) is 0. The molecule has 0 unspecified atom stereocenters. The van der Waals surface area contributed by atoms with Crippen LogP contribution in [-0.2, 0) is 6.18 Å². The first-order valence-electron chi connectivity index (χ1n) is 5.85. The maximum absolute atomic E-state index is 12.6. The number of carbonyl (C=O) groups excluding carboxylic acids is 1. The Morgan fingerprint density at radius 1 is 1.04 bits per heavy atom. The van der Waals surface area contributed by atoms with Gasteiger partial charge in [-0.2, -0.15) is 13.2 Å². The van der Waals surface area contributed by atoms with Crippen molar-refractivity contribution in [2.75, 3.05) is 0 Å². The molecule has 0 saturated carbocycles. The highest BCUT2D eigenvalue weighted by molar-refractivity contribution is 5.79. The van der Waals surface area contributed by atoms with Gasteiger partial charge in [0.2, 0.25) is 0 Å². The summed E-state index contributed by atoms with van der Waals surface area (Å²) in [6, 6.07) is 3.24. The van der Waals surface area contributed by atoms with Crippen molar-refractivity contribution in [2.45, 2.75) is 12.5 Å². The SMILES string of the molecule is O=Cc1cc(OC(F)(F)F)cc(-c2nccc(C(F)(F)F)n2)c1. The zero-order valence-corrected chi connectivity index (χ0v) is 10.9. The second-order valence-corrected chi connectivity index (χ2v) is 4.22. The number of ether oxygens (including phenoxy) is 1. The van der Waals surface area contributed by atoms with Gasteiger partial charge in [-0.25, -0.2) is 9.97 Å². The van der Waals surface area contributed by atoms with Gasteiger partial charge in [0.1, 0.15) is 17.7 Å². The molecule has 0 spiro atoms. The highest BCUT2D eigenvalue weighted by Gasteiger charge is 2.33. The molecular weight excluding hydrogens is 330 g/mol. The van der Waals surface area contributed by atoms with Crippen molar-refractivity contribution in [2.24, 2.45) is 0 Å². The zero-order chi connectivity index (χ0) is 17.3. The minimum Gasteiger partial charge on any atom is -0.406 e. The molecular formula is C13H6F6N2O2. The summed E-state index contributed by atoms with van der Waals surface area (Å²) in [5, 5.41) is 0. The predicted molar refractivity (Wildman–Crippen MR) is 64.5 cm³/mol. The lowest BCUT2D eigenvalue weighted by molar-refractivity contribution is -0.274. The van der Waals surface area contributed by atoms with E-state index in [2.05, 4.69) is 14.7 Å². The number of hydrogen-bond donors (Lipinski definition) is 0. The van der Waals surface area contributed by atoms with Gasteiger partial charge in [0.25, 0.3) is 0 Å². The summed E-state index contributed by atoms with van der Waals surface area (Å²) in [5.41, 5.74) is -1.72. The normalized spacial score (nSPS) is 12.1. The molecule has 122 valence electrons. The molecule has 23 heavy (non-hydrogen) atoms. The molecule has 0 aliphatic carbocycles. The quantitative estimate of drug-likeness (QED) is 0.631. The first kappa shape index (κ1) is 16.7. The van der Waals surface area contributed by atoms with Gasteiger partial charge in [0, 0.05) is 17.3 Å². The Balaban J connectivity index is 2.50. The van der Waals surface area contributed by atoms with Gasteiger partial charge in [0.05, 0.1) is 0 Å². The fraction of sp³-hybridized carbons (Fsp3) is 0.154. The van der Waals surface area contributed by atoms with Crippen LogP contribution in [0.1, 0.15) is 16.1 Å². The molecule has 1 heterocycles. The monoisotopic (exact) mass is 336 g/mol. The van der Waals surface area contributed by atoms with Crippen molar-refractivity contribution in [3.05, 3.63) is 41.7 Å². The molecule has 10 heteroatoms. The summed E-state index contributed by atoms with van der Waals surface area (Å²) in [6.07, 6.45) is -8.73. The van der Waals surface area contributed by atoms with Gasteiger partial charge < -0.3 is 4.74 Å². The third-order valence-corrected chi connectivity index (χ3v) is 2.50. The molecule has 0 atom stereocenters. The van der Waals surface area contributed by atoms with Crippen LogP contribution in [0.4, 0.5) is 26.3 Å². The fourth-order valence-electron chi connectivity index (χ4n) is 1.67. The van der Waals surface area contributed by atoms with E-state index in [0.29, 0.717) is 6.07 Å². The first-order valence-corrected chi connectivity index (χ1v) is 5.85. The van der Waals surface area contributed by atoms with Gasteiger partial charge in [-0.3, -0.25) is 4.79 Å². The molecule has 0 fully saturated rings. The Bertz CT molecular complexity index is 727. The summed E-state index contributed by atoms with van der Waals surface area (Å²) in [5.74, 6) is -1.26. The summed E-state index contributed by atoms with van der Waals surface area (Å²) < 4.78 is 78.2. The van der Waals surface area contributed by atoms with Crippen LogP contribution < -0.4 is 4.74 Å². The summed E-state index contributed by atoms with van der Waals surface area (Å²) in [4.78, 5) is 17.6. The van der Waals surface area contributed by atoms with Crippen LogP contribution >= 0.6 is 0 Å². The van der Waals surface area contributed by atoms with E-state index in [0.717, 1.165) is 24.4 Å². The molecule has 1 aromatic heterocycles. The van der Waals surface area contributed by atoms with E-state index in [-0.39, 0.29) is 17.4 Å². The molecule has 2 rings (SSSR count). The van der Waals surface area contributed by atoms with Gasteiger partial charge in [-0.15, -0.1) is 13.2 Å². The van der Waals surface area contributed by atoms with E-state index in [1.165, 1.54) is 0 Å². The van der Waals surface area contributed by atoms with E-state index in [9.17, 15) is 31.1 Å². The highest BCUT2D eigenvalue weighted by Crippen LogP contribution is 2.31. The largest absolute Gasteiger partial charge is 0.573 e. The average molecular weight is 336 g/mol. The van der Waals surface area contributed by atoms with Crippen molar-refractivity contribution in [3.8, 4) is 17.1 Å². The lowest BCUT2D eigenvalue weighted by Gasteiger charge is -2.11. The van der Waals surface area contributed by atoms with Crippen molar-refractivity contribution >= 4 is 6.29 Å². The number of carbonyl (C=O) groups is 1. The molecule has 2 aromatic rings. The minimum atomic E-state index is -5.02. The number of rotatable bonds is 3. The molecule has 0 amide bonds. The van der Waals surface area contributed by atoms with Crippen molar-refractivity contribution in [1.29, 1.82) is 0 Å². The fourth-order valence-corrected chi connectivity index (χ4v) is 1.67. The zero-order valence-electron chi connectivity index (χ0n) is 10.9. The van der Waals surface area contributed by atoms with Crippen molar-refractivity contribution in [3.63, 3.8) is 0 Å². The summed E-state index contributed by atoms with van der Waals surface area (Å²) in [6.45, 7) is 0. The molecule has 0 aliphatic heterocycles. The number of nitrogens with zero attached hydrogens (tertiary/aromatic N) is 2. The van der Waals surface area contributed by atoms with Crippen LogP contribution in [-0.4, -0.2) is 22.6 Å². The topological polar surface area (TPSA) is 52.1 Å². The maximum Gasteiger partial charge on any atom is 0.573 e. The third-order valence-electron chi connectivity index (χ3n) is 2.50. The lowest BCUT2D eigenvalue weighted by Crippen LogP contribution is -2.17. The Morgan fingerprint density at radius 3 is 2.30 bits per heavy atom. The Kier molecular flexibility index (Phi) is 4.26. The number of aromatic nitrogens is 2. The molecule has 0 aliphatic rings. The van der Waals surface area contributed by atoms with Crippen LogP contribution in [0.3, 0.4) is 0 Å². The van der Waals surface area contributed by atoms with E-state index in [1.54, 1.807) is 0 Å². The third kappa shape index (κ3) is 4.41. The van der Waals surface area contributed by atoms with Gasteiger partial charge in [-0.1, -0.05) is 0 Å². The first-order chi connectivity index (χ1) is 10.6. The lowest BCUT2D eigenvalue weighted by atomic mass is 10.1. The predicted octanol–water partition coefficient (Wildman–Crippen LogP) is 3.87. The number of hydrogen-bond acceptors (Lipinski definition) is 4. The highest BCUT2D eigenvalue weighted by atomic mass is 19.4. The smallest absolute Gasteiger partial charge is 0.406 e. The Labute approximate surface area is 124 Å². The molecule has 1 aromatic carbocycles. The molecule has 0 bridgehead atoms. The molecule has 4 nitrogen and oxygen atoms in total. The average Bonchev–Trinajstić information content (AvgIpc) is 2.44. The van der Waals surface area contributed by atoms with Crippen molar-refractivity contribution in [1.82, 2.24) is 9.97 Å². The second-order valence-electron chi connectivity index (χ2n) is 4.22. The van der Waals surface area contributed by atoms with Crippen LogP contribution in [0.5, 0.6) is 5.75 Å². The van der Waals surface area contributed by atoms with Crippen LogP contribution in [0.15, 0.2) is 30.5 Å². The number of halogens is 6. The van der Waals surface area contributed by atoms with Crippen molar-refractivity contribution < 1.29 is 35.9 Å². The minimum absolute atomic E-state index is 0.222. The number of benzene rings is 1. The molecule has 0 N–H and O–H groups in total. The Morgan fingerprint density at radius 2 is 1.74 bits per heavy atom. The van der Waals surface area contributed by atoms with E-state index in [4.69, 9.17) is 0 Å². The number of alkyl halides is 6. The van der Waals surface area contributed by atoms with Gasteiger partial charge in [-0.05, 0) is 24.3 Å². The standard InChI is InChI=1S/C13H6F6N2O2/c14-12(15,16)10-1-2-20-11(21-10)8-3-7(6-22)4-9(5-8)23-13(17,18)19/h1-6H. The Hall–Kier alpha value is -2.65. The van der Waals surface area contributed by atoms with E-state index < -0.39 is 29.8 Å². The number of aldehydes is 1. The van der Waals surface area contributed by atoms with E-state index >= 15 is 0 Å². The molecule has 0 radical (unpaired) electrons. The summed E-state index contributed by atoms with van der Waals surface area (Å²) >= 11 is 0. The van der Waals surface area contributed by atoms with Gasteiger partial charge in [0.15, 0.2) is 5.82 Å². The van der Waals surface area contributed by atoms with E-state index in [1.807, 2.05) is 0 Å². The maximum atomic E-state index is 12.6. The van der Waals surface area contributed by atoms with Gasteiger partial charge >= 0.3 is 12.5 Å².